The average molecular weight is 253 g/mol. The van der Waals surface area contributed by atoms with Gasteiger partial charge in [0.05, 0.1) is 11.6 Å². The fourth-order valence-corrected chi connectivity index (χ4v) is 1.75. The first kappa shape index (κ1) is 11.2. The van der Waals surface area contributed by atoms with E-state index in [-0.39, 0.29) is 0 Å². The number of nitriles is 1. The number of nitrogens with zero attached hydrogens (tertiary/aromatic N) is 1. The second kappa shape index (κ2) is 5.14. The smallest absolute Gasteiger partial charge is 0.0992 e. The van der Waals surface area contributed by atoms with E-state index in [9.17, 15) is 0 Å². The highest BCUT2D eigenvalue weighted by Crippen LogP contribution is 2.19. The third-order valence-corrected chi connectivity index (χ3v) is 2.94. The zero-order valence-electron chi connectivity index (χ0n) is 8.34. The van der Waals surface area contributed by atoms with Gasteiger partial charge in [0.15, 0.2) is 0 Å². The topological polar surface area (TPSA) is 35.8 Å². The molecule has 0 radical (unpaired) electrons. The van der Waals surface area contributed by atoms with E-state index in [1.54, 1.807) is 0 Å². The summed E-state index contributed by atoms with van der Waals surface area (Å²) in [4.78, 5) is 0. The molecule has 0 aromatic heterocycles. The lowest BCUT2D eigenvalue weighted by atomic mass is 10.1. The van der Waals surface area contributed by atoms with Crippen LogP contribution in [0.15, 0.2) is 22.7 Å². The van der Waals surface area contributed by atoms with Gasteiger partial charge in [-0.15, -0.1) is 0 Å². The Morgan fingerprint density at radius 1 is 1.57 bits per heavy atom. The van der Waals surface area contributed by atoms with Crippen LogP contribution >= 0.6 is 15.9 Å². The van der Waals surface area contributed by atoms with Crippen molar-refractivity contribution in [2.45, 2.75) is 19.4 Å². The molecule has 74 valence electrons. The monoisotopic (exact) mass is 252 g/mol. The van der Waals surface area contributed by atoms with Crippen LogP contribution in [0.3, 0.4) is 0 Å². The molecule has 0 saturated heterocycles. The standard InChI is InChI=1S/C11H13BrN2/c1-8(14-2)5-10-4-3-9(7-13)6-11(10)12/h3-4,6,8,14H,5H2,1-2H3. The molecule has 0 spiro atoms. The van der Waals surface area contributed by atoms with Crippen molar-refractivity contribution < 1.29 is 0 Å². The van der Waals surface area contributed by atoms with Gasteiger partial charge in [-0.1, -0.05) is 22.0 Å². The molecule has 3 heteroatoms. The Balaban J connectivity index is 2.85. The lowest BCUT2D eigenvalue weighted by molar-refractivity contribution is 0.607. The molecule has 1 atom stereocenters. The lowest BCUT2D eigenvalue weighted by Gasteiger charge is -2.11. The molecule has 0 amide bonds. The molecule has 2 nitrogen and oxygen atoms in total. The normalized spacial score (nSPS) is 12.1. The van der Waals surface area contributed by atoms with Crippen LogP contribution in [-0.2, 0) is 6.42 Å². The van der Waals surface area contributed by atoms with Crippen LogP contribution in [-0.4, -0.2) is 13.1 Å². The molecule has 0 saturated carbocycles. The minimum Gasteiger partial charge on any atom is -0.317 e. The van der Waals surface area contributed by atoms with E-state index >= 15 is 0 Å². The highest BCUT2D eigenvalue weighted by molar-refractivity contribution is 9.10. The Morgan fingerprint density at radius 3 is 2.79 bits per heavy atom. The Bertz CT molecular complexity index is 355. The second-order valence-electron chi connectivity index (χ2n) is 3.31. The van der Waals surface area contributed by atoms with E-state index < -0.39 is 0 Å². The van der Waals surface area contributed by atoms with Crippen LogP contribution < -0.4 is 5.32 Å². The number of hydrogen-bond donors (Lipinski definition) is 1. The molecule has 0 aliphatic heterocycles. The molecular formula is C11H13BrN2. The number of hydrogen-bond acceptors (Lipinski definition) is 2. The second-order valence-corrected chi connectivity index (χ2v) is 4.17. The van der Waals surface area contributed by atoms with Crippen LogP contribution in [0.4, 0.5) is 0 Å². The summed E-state index contributed by atoms with van der Waals surface area (Å²) in [5, 5.41) is 11.9. The summed E-state index contributed by atoms with van der Waals surface area (Å²) in [6.45, 7) is 2.13. The maximum absolute atomic E-state index is 8.70. The van der Waals surface area contributed by atoms with Gasteiger partial charge < -0.3 is 5.32 Å². The molecule has 1 unspecified atom stereocenters. The number of likely N-dealkylation sites (N-methyl/N-ethyl adjacent to an activating group) is 1. The van der Waals surface area contributed by atoms with Gasteiger partial charge >= 0.3 is 0 Å². The molecule has 14 heavy (non-hydrogen) atoms. The first-order valence-electron chi connectivity index (χ1n) is 4.53. The van der Waals surface area contributed by atoms with E-state index in [0.29, 0.717) is 11.6 Å². The van der Waals surface area contributed by atoms with Gasteiger partial charge in [-0.05, 0) is 38.1 Å². The van der Waals surface area contributed by atoms with E-state index in [2.05, 4.69) is 34.2 Å². The van der Waals surface area contributed by atoms with Crippen molar-refractivity contribution in [3.63, 3.8) is 0 Å². The molecule has 1 aromatic rings. The fourth-order valence-electron chi connectivity index (χ4n) is 1.21. The number of nitrogens with one attached hydrogen (secondary N) is 1. The van der Waals surface area contributed by atoms with Crippen molar-refractivity contribution in [1.82, 2.24) is 5.32 Å². The van der Waals surface area contributed by atoms with Gasteiger partial charge in [0, 0.05) is 10.5 Å². The van der Waals surface area contributed by atoms with Gasteiger partial charge in [0.2, 0.25) is 0 Å². The summed E-state index contributed by atoms with van der Waals surface area (Å²) in [7, 11) is 1.95. The van der Waals surface area contributed by atoms with Crippen LogP contribution in [0.25, 0.3) is 0 Å². The third kappa shape index (κ3) is 2.83. The first-order chi connectivity index (χ1) is 6.67. The maximum Gasteiger partial charge on any atom is 0.0992 e. The number of benzene rings is 1. The van der Waals surface area contributed by atoms with Gasteiger partial charge in [-0.2, -0.15) is 5.26 Å². The quantitative estimate of drug-likeness (QED) is 0.898. The van der Waals surface area contributed by atoms with E-state index in [0.717, 1.165) is 10.9 Å². The summed E-state index contributed by atoms with van der Waals surface area (Å²) >= 11 is 3.47. The predicted molar refractivity (Wildman–Crippen MR) is 61.1 cm³/mol. The summed E-state index contributed by atoms with van der Waals surface area (Å²) in [5.74, 6) is 0. The van der Waals surface area contributed by atoms with E-state index in [1.165, 1.54) is 5.56 Å². The minimum absolute atomic E-state index is 0.444. The van der Waals surface area contributed by atoms with Crippen molar-refractivity contribution >= 4 is 15.9 Å². The lowest BCUT2D eigenvalue weighted by Crippen LogP contribution is -2.23. The molecule has 0 heterocycles. The van der Waals surface area contributed by atoms with Crippen LogP contribution in [0.2, 0.25) is 0 Å². The highest BCUT2D eigenvalue weighted by Gasteiger charge is 2.05. The van der Waals surface area contributed by atoms with Crippen molar-refractivity contribution in [3.8, 4) is 6.07 Å². The molecule has 0 aliphatic rings. The molecule has 1 N–H and O–H groups in total. The molecule has 0 bridgehead atoms. The highest BCUT2D eigenvalue weighted by atomic mass is 79.9. The summed E-state index contributed by atoms with van der Waals surface area (Å²) in [5.41, 5.74) is 1.92. The fraction of sp³-hybridized carbons (Fsp3) is 0.364. The largest absolute Gasteiger partial charge is 0.317 e. The summed E-state index contributed by atoms with van der Waals surface area (Å²) in [6.07, 6.45) is 0.961. The summed E-state index contributed by atoms with van der Waals surface area (Å²) < 4.78 is 1.01. The van der Waals surface area contributed by atoms with Crippen molar-refractivity contribution in [1.29, 1.82) is 5.26 Å². The number of rotatable bonds is 3. The molecule has 1 aromatic carbocycles. The molecule has 0 fully saturated rings. The Kier molecular flexibility index (Phi) is 4.12. The minimum atomic E-state index is 0.444. The Morgan fingerprint density at radius 2 is 2.29 bits per heavy atom. The Labute approximate surface area is 93.1 Å². The van der Waals surface area contributed by atoms with Crippen molar-refractivity contribution in [2.24, 2.45) is 0 Å². The average Bonchev–Trinajstić information content (AvgIpc) is 2.20. The van der Waals surface area contributed by atoms with Crippen LogP contribution in [0.1, 0.15) is 18.1 Å². The van der Waals surface area contributed by atoms with Crippen molar-refractivity contribution in [2.75, 3.05) is 7.05 Å². The summed E-state index contributed by atoms with van der Waals surface area (Å²) in [6, 6.07) is 8.27. The zero-order chi connectivity index (χ0) is 10.6. The third-order valence-electron chi connectivity index (χ3n) is 2.20. The molecule has 0 aliphatic carbocycles. The van der Waals surface area contributed by atoms with Crippen LogP contribution in [0.5, 0.6) is 0 Å². The van der Waals surface area contributed by atoms with Gasteiger partial charge in [-0.3, -0.25) is 0 Å². The maximum atomic E-state index is 8.70. The number of halogens is 1. The van der Waals surface area contributed by atoms with Crippen LogP contribution in [0, 0.1) is 11.3 Å². The van der Waals surface area contributed by atoms with Gasteiger partial charge in [-0.25, -0.2) is 0 Å². The zero-order valence-corrected chi connectivity index (χ0v) is 9.93. The predicted octanol–water partition coefficient (Wildman–Crippen LogP) is 2.47. The van der Waals surface area contributed by atoms with E-state index in [4.69, 9.17) is 5.26 Å². The SMILES string of the molecule is CNC(C)Cc1ccc(C#N)cc1Br. The van der Waals surface area contributed by atoms with Crippen molar-refractivity contribution in [3.05, 3.63) is 33.8 Å². The van der Waals surface area contributed by atoms with E-state index in [1.807, 2.05) is 25.2 Å². The first-order valence-corrected chi connectivity index (χ1v) is 5.32. The van der Waals surface area contributed by atoms with Gasteiger partial charge in [0.25, 0.3) is 0 Å². The Hall–Kier alpha value is -0.850. The molecular weight excluding hydrogens is 240 g/mol. The van der Waals surface area contributed by atoms with Gasteiger partial charge in [0.1, 0.15) is 0 Å². The molecule has 1 rings (SSSR count).